The Hall–Kier alpha value is -1.84. The predicted molar refractivity (Wildman–Crippen MR) is 82.9 cm³/mol. The van der Waals surface area contributed by atoms with Crippen molar-refractivity contribution in [1.82, 2.24) is 9.55 Å². The first-order valence-electron chi connectivity index (χ1n) is 7.70. The van der Waals surface area contributed by atoms with E-state index < -0.39 is 0 Å². The highest BCUT2D eigenvalue weighted by molar-refractivity contribution is 5.34. The van der Waals surface area contributed by atoms with E-state index in [0.717, 1.165) is 11.5 Å². The van der Waals surface area contributed by atoms with Gasteiger partial charge in [0.15, 0.2) is 0 Å². The summed E-state index contributed by atoms with van der Waals surface area (Å²) in [7, 11) is 0. The number of halogens is 1. The third-order valence-electron chi connectivity index (χ3n) is 4.43. The highest BCUT2D eigenvalue weighted by Crippen LogP contribution is 2.32. The van der Waals surface area contributed by atoms with Crippen LogP contribution >= 0.6 is 0 Å². The van der Waals surface area contributed by atoms with Crippen LogP contribution in [0.4, 0.5) is 10.3 Å². The van der Waals surface area contributed by atoms with E-state index in [2.05, 4.69) is 14.9 Å². The highest BCUT2D eigenvalue weighted by atomic mass is 19.1. The summed E-state index contributed by atoms with van der Waals surface area (Å²) < 4.78 is 15.9. The molecule has 1 aliphatic rings. The number of nitrogens with zero attached hydrogens (tertiary/aromatic N) is 2. The van der Waals surface area contributed by atoms with Crippen LogP contribution in [0.3, 0.4) is 0 Å². The summed E-state index contributed by atoms with van der Waals surface area (Å²) in [5.74, 6) is 0.732. The molecule has 0 amide bonds. The molecule has 0 saturated heterocycles. The molecule has 1 fully saturated rings. The van der Waals surface area contributed by atoms with Crippen molar-refractivity contribution in [3.63, 3.8) is 0 Å². The Morgan fingerprint density at radius 3 is 2.81 bits per heavy atom. The van der Waals surface area contributed by atoms with Crippen molar-refractivity contribution in [1.29, 1.82) is 0 Å². The lowest BCUT2D eigenvalue weighted by Gasteiger charge is -2.20. The molecular weight excluding hydrogens is 265 g/mol. The second kappa shape index (κ2) is 5.88. The zero-order chi connectivity index (χ0) is 14.8. The van der Waals surface area contributed by atoms with Crippen LogP contribution in [0.25, 0.3) is 0 Å². The molecule has 1 unspecified atom stereocenters. The van der Waals surface area contributed by atoms with Gasteiger partial charge in [-0.3, -0.25) is 0 Å². The maximum Gasteiger partial charge on any atom is 0.203 e. The number of aryl methyl sites for hydroxylation is 1. The number of benzene rings is 1. The Bertz CT molecular complexity index is 614. The van der Waals surface area contributed by atoms with Gasteiger partial charge in [-0.05, 0) is 43.9 Å². The number of nitrogens with one attached hydrogen (secondary N) is 1. The molecule has 1 aliphatic carbocycles. The molecule has 1 saturated carbocycles. The number of aromatic nitrogens is 2. The van der Waals surface area contributed by atoms with Crippen LogP contribution in [0.5, 0.6) is 0 Å². The molecule has 1 aromatic carbocycles. The third kappa shape index (κ3) is 2.94. The van der Waals surface area contributed by atoms with Gasteiger partial charge in [0.2, 0.25) is 5.95 Å². The molecule has 1 heterocycles. The van der Waals surface area contributed by atoms with Crippen LogP contribution < -0.4 is 5.32 Å². The molecule has 1 N–H and O–H groups in total. The van der Waals surface area contributed by atoms with Crippen LogP contribution in [0.15, 0.2) is 30.6 Å². The largest absolute Gasteiger partial charge is 0.349 e. The summed E-state index contributed by atoms with van der Waals surface area (Å²) in [6.07, 6.45) is 8.91. The molecule has 0 bridgehead atoms. The van der Waals surface area contributed by atoms with Gasteiger partial charge in [0.1, 0.15) is 5.82 Å². The summed E-state index contributed by atoms with van der Waals surface area (Å²) in [5, 5.41) is 3.42. The molecule has 21 heavy (non-hydrogen) atoms. The smallest absolute Gasteiger partial charge is 0.203 e. The third-order valence-corrected chi connectivity index (χ3v) is 4.43. The Kier molecular flexibility index (Phi) is 3.95. The van der Waals surface area contributed by atoms with Gasteiger partial charge in [-0.15, -0.1) is 0 Å². The van der Waals surface area contributed by atoms with E-state index in [0.29, 0.717) is 11.6 Å². The first-order chi connectivity index (χ1) is 10.1. The van der Waals surface area contributed by atoms with Crippen LogP contribution in [-0.4, -0.2) is 9.55 Å². The van der Waals surface area contributed by atoms with Gasteiger partial charge >= 0.3 is 0 Å². The average Bonchev–Trinajstić information content (AvgIpc) is 3.12. The fraction of sp³-hybridized carbons (Fsp3) is 0.471. The fourth-order valence-electron chi connectivity index (χ4n) is 3.06. The van der Waals surface area contributed by atoms with E-state index in [9.17, 15) is 4.39 Å². The van der Waals surface area contributed by atoms with Gasteiger partial charge in [0, 0.05) is 18.4 Å². The number of anilines is 1. The number of hydrogen-bond donors (Lipinski definition) is 1. The van der Waals surface area contributed by atoms with E-state index in [-0.39, 0.29) is 11.9 Å². The van der Waals surface area contributed by atoms with Crippen molar-refractivity contribution in [3.05, 3.63) is 47.5 Å². The van der Waals surface area contributed by atoms with Crippen LogP contribution in [0, 0.1) is 12.7 Å². The zero-order valence-electron chi connectivity index (χ0n) is 12.6. The van der Waals surface area contributed by atoms with E-state index in [1.807, 2.05) is 31.5 Å². The van der Waals surface area contributed by atoms with Crippen LogP contribution in [0.1, 0.15) is 55.8 Å². The first kappa shape index (κ1) is 14.1. The molecule has 4 heteroatoms. The standard InChI is InChI=1S/C17H22FN3/c1-12-7-8-14(11-16(12)18)13(2)20-17-19-9-10-21(17)15-5-3-4-6-15/h7-11,13,15H,3-6H2,1-2H3,(H,19,20). The molecule has 1 aromatic heterocycles. The number of rotatable bonds is 4. The Morgan fingerprint density at radius 1 is 1.33 bits per heavy atom. The molecular formula is C17H22FN3. The molecule has 0 radical (unpaired) electrons. The van der Waals surface area contributed by atoms with E-state index >= 15 is 0 Å². The lowest BCUT2D eigenvalue weighted by molar-refractivity contribution is 0.521. The van der Waals surface area contributed by atoms with E-state index in [1.54, 1.807) is 13.0 Å². The average molecular weight is 287 g/mol. The Labute approximate surface area is 125 Å². The predicted octanol–water partition coefficient (Wildman–Crippen LogP) is 4.62. The lowest BCUT2D eigenvalue weighted by atomic mass is 10.1. The van der Waals surface area contributed by atoms with Gasteiger partial charge < -0.3 is 9.88 Å². The minimum Gasteiger partial charge on any atom is -0.349 e. The minimum atomic E-state index is -0.153. The van der Waals surface area contributed by atoms with Crippen molar-refractivity contribution in [3.8, 4) is 0 Å². The molecule has 1 atom stereocenters. The molecule has 112 valence electrons. The monoisotopic (exact) mass is 287 g/mol. The summed E-state index contributed by atoms with van der Waals surface area (Å²) in [6.45, 7) is 3.82. The lowest BCUT2D eigenvalue weighted by Crippen LogP contribution is -2.14. The summed E-state index contributed by atoms with van der Waals surface area (Å²) >= 11 is 0. The summed E-state index contributed by atoms with van der Waals surface area (Å²) in [5.41, 5.74) is 1.62. The molecule has 3 rings (SSSR count). The normalized spacial score (nSPS) is 17.1. The van der Waals surface area contributed by atoms with Crippen LogP contribution in [-0.2, 0) is 0 Å². The van der Waals surface area contributed by atoms with Crippen molar-refractivity contribution in [2.24, 2.45) is 0 Å². The van der Waals surface area contributed by atoms with Gasteiger partial charge in [0.25, 0.3) is 0 Å². The van der Waals surface area contributed by atoms with Crippen molar-refractivity contribution in [2.75, 3.05) is 5.32 Å². The van der Waals surface area contributed by atoms with E-state index in [4.69, 9.17) is 0 Å². The summed E-state index contributed by atoms with van der Waals surface area (Å²) in [6, 6.07) is 5.99. The number of hydrogen-bond acceptors (Lipinski definition) is 2. The van der Waals surface area contributed by atoms with E-state index in [1.165, 1.54) is 25.7 Å². The minimum absolute atomic E-state index is 0.0302. The molecule has 0 aliphatic heterocycles. The second-order valence-corrected chi connectivity index (χ2v) is 5.97. The first-order valence-corrected chi connectivity index (χ1v) is 7.70. The van der Waals surface area contributed by atoms with Gasteiger partial charge in [-0.25, -0.2) is 9.37 Å². The van der Waals surface area contributed by atoms with Gasteiger partial charge in [0.05, 0.1) is 6.04 Å². The van der Waals surface area contributed by atoms with Crippen molar-refractivity contribution >= 4 is 5.95 Å². The van der Waals surface area contributed by atoms with Crippen LogP contribution in [0.2, 0.25) is 0 Å². The Balaban J connectivity index is 1.76. The maximum atomic E-state index is 13.7. The highest BCUT2D eigenvalue weighted by Gasteiger charge is 2.20. The molecule has 0 spiro atoms. The summed E-state index contributed by atoms with van der Waals surface area (Å²) in [4.78, 5) is 4.42. The Morgan fingerprint density at radius 2 is 2.10 bits per heavy atom. The maximum absolute atomic E-state index is 13.7. The molecule has 2 aromatic rings. The van der Waals surface area contributed by atoms with Gasteiger partial charge in [-0.2, -0.15) is 0 Å². The number of imidazole rings is 1. The molecule has 3 nitrogen and oxygen atoms in total. The zero-order valence-corrected chi connectivity index (χ0v) is 12.6. The quantitative estimate of drug-likeness (QED) is 0.889. The SMILES string of the molecule is Cc1ccc(C(C)Nc2nccn2C2CCCC2)cc1F. The van der Waals surface area contributed by atoms with Crippen molar-refractivity contribution < 1.29 is 4.39 Å². The fourth-order valence-corrected chi connectivity index (χ4v) is 3.06. The topological polar surface area (TPSA) is 29.9 Å². The van der Waals surface area contributed by atoms with Crippen molar-refractivity contribution in [2.45, 2.75) is 51.6 Å². The second-order valence-electron chi connectivity index (χ2n) is 5.97. The van der Waals surface area contributed by atoms with Gasteiger partial charge in [-0.1, -0.05) is 25.0 Å².